The zero-order valence-corrected chi connectivity index (χ0v) is 12.2. The van der Waals surface area contributed by atoms with Gasteiger partial charge in [-0.2, -0.15) is 0 Å². The number of nitrogens with one attached hydrogen (secondary N) is 1. The van der Waals surface area contributed by atoms with Crippen molar-refractivity contribution in [1.29, 1.82) is 0 Å². The lowest BCUT2D eigenvalue weighted by Gasteiger charge is -2.26. The second-order valence-electron chi connectivity index (χ2n) is 5.15. The zero-order valence-electron chi connectivity index (χ0n) is 11.4. The van der Waals surface area contributed by atoms with Crippen LogP contribution in [0.1, 0.15) is 39.3 Å². The summed E-state index contributed by atoms with van der Waals surface area (Å²) in [4.78, 5) is 0. The Hall–Kier alpha value is -0.780. The minimum absolute atomic E-state index is 0.213. The molecule has 1 aromatic carbocycles. The van der Waals surface area contributed by atoms with E-state index < -0.39 is 11.4 Å². The highest BCUT2D eigenvalue weighted by Gasteiger charge is 2.28. The fraction of sp³-hybridized carbons (Fsp3) is 0.538. The molecule has 0 fully saturated rings. The van der Waals surface area contributed by atoms with E-state index in [4.69, 9.17) is 4.74 Å². The second-order valence-corrected chi connectivity index (χ2v) is 7.14. The van der Waals surface area contributed by atoms with Crippen molar-refractivity contribution in [3.63, 3.8) is 0 Å². The fourth-order valence-corrected chi connectivity index (χ4v) is 2.17. The molecule has 0 spiro atoms. The van der Waals surface area contributed by atoms with E-state index in [0.717, 1.165) is 0 Å². The number of hydrogen-bond donors (Lipinski definition) is 1. The normalized spacial score (nSPS) is 15.3. The first-order chi connectivity index (χ1) is 8.24. The molecule has 1 unspecified atom stereocenters. The van der Waals surface area contributed by atoms with Crippen LogP contribution in [0, 0.1) is 5.82 Å². The molecule has 0 saturated carbocycles. The number of hydrogen-bond acceptors (Lipinski definition) is 3. The van der Waals surface area contributed by atoms with Crippen molar-refractivity contribution in [3.05, 3.63) is 29.6 Å². The van der Waals surface area contributed by atoms with Crippen molar-refractivity contribution in [2.75, 3.05) is 7.11 Å². The van der Waals surface area contributed by atoms with E-state index in [9.17, 15) is 8.94 Å². The first kappa shape index (κ1) is 15.3. The highest BCUT2D eigenvalue weighted by molar-refractivity contribution is 7.90. The van der Waals surface area contributed by atoms with Crippen LogP contribution in [0.3, 0.4) is 0 Å². The average Bonchev–Trinajstić information content (AvgIpc) is 2.26. The van der Waals surface area contributed by atoms with E-state index in [2.05, 4.69) is 4.72 Å². The van der Waals surface area contributed by atoms with Crippen LogP contribution in [-0.2, 0) is 11.4 Å². The van der Waals surface area contributed by atoms with E-state index in [-0.39, 0.29) is 16.6 Å². The Morgan fingerprint density at radius 1 is 1.33 bits per heavy atom. The molecule has 1 aromatic rings. The van der Waals surface area contributed by atoms with Gasteiger partial charge in [-0.05, 0) is 45.4 Å². The molecular weight excluding hydrogens is 253 g/mol. The fourth-order valence-electron chi connectivity index (χ4n) is 1.36. The standard InChI is InChI=1S/C13H20FNO2S/c1-9(15-18(16)13(2,3)4)10-6-11(14)8-12(7-10)17-5/h6-9,15H,1-5H3/t9?,18-/m0/s1. The van der Waals surface area contributed by atoms with Gasteiger partial charge in [-0.15, -0.1) is 4.72 Å². The predicted molar refractivity (Wildman–Crippen MR) is 72.4 cm³/mol. The third kappa shape index (κ3) is 4.15. The molecule has 0 aliphatic rings. The second kappa shape index (κ2) is 5.91. The average molecular weight is 273 g/mol. The topological polar surface area (TPSA) is 44.3 Å². The van der Waals surface area contributed by atoms with Gasteiger partial charge in [0.1, 0.15) is 16.3 Å². The lowest BCUT2D eigenvalue weighted by atomic mass is 10.1. The molecule has 0 aliphatic heterocycles. The van der Waals surface area contributed by atoms with Gasteiger partial charge >= 0.3 is 0 Å². The molecule has 2 atom stereocenters. The molecule has 1 N–H and O–H groups in total. The van der Waals surface area contributed by atoms with Crippen molar-refractivity contribution in [2.24, 2.45) is 0 Å². The minimum Gasteiger partial charge on any atom is -0.598 e. The minimum atomic E-state index is -1.20. The van der Waals surface area contributed by atoms with Gasteiger partial charge in [-0.1, -0.05) is 0 Å². The zero-order chi connectivity index (χ0) is 13.9. The summed E-state index contributed by atoms with van der Waals surface area (Å²) in [6.45, 7) is 7.50. The Kier molecular flexibility index (Phi) is 5.01. The van der Waals surface area contributed by atoms with Crippen LogP contribution in [0.25, 0.3) is 0 Å². The van der Waals surface area contributed by atoms with Crippen LogP contribution in [-0.4, -0.2) is 16.4 Å². The van der Waals surface area contributed by atoms with E-state index >= 15 is 0 Å². The highest BCUT2D eigenvalue weighted by Crippen LogP contribution is 2.23. The predicted octanol–water partition coefficient (Wildman–Crippen LogP) is 2.95. The maximum atomic E-state index is 13.4. The van der Waals surface area contributed by atoms with E-state index in [1.165, 1.54) is 19.2 Å². The Morgan fingerprint density at radius 2 is 1.94 bits per heavy atom. The number of benzene rings is 1. The first-order valence-corrected chi connectivity index (χ1v) is 6.91. The third-order valence-electron chi connectivity index (χ3n) is 2.47. The molecule has 3 nitrogen and oxygen atoms in total. The van der Waals surface area contributed by atoms with E-state index in [0.29, 0.717) is 11.3 Å². The van der Waals surface area contributed by atoms with Gasteiger partial charge in [0, 0.05) is 17.4 Å². The first-order valence-electron chi connectivity index (χ1n) is 5.76. The number of methoxy groups -OCH3 is 1. The summed E-state index contributed by atoms with van der Waals surface area (Å²) >= 11 is -1.20. The van der Waals surface area contributed by atoms with Crippen molar-refractivity contribution in [1.82, 2.24) is 4.72 Å². The van der Waals surface area contributed by atoms with Gasteiger partial charge in [-0.3, -0.25) is 0 Å². The lowest BCUT2D eigenvalue weighted by Crippen LogP contribution is -2.40. The molecule has 102 valence electrons. The van der Waals surface area contributed by atoms with Gasteiger partial charge in [0.2, 0.25) is 0 Å². The lowest BCUT2D eigenvalue weighted by molar-refractivity contribution is 0.410. The quantitative estimate of drug-likeness (QED) is 0.858. The van der Waals surface area contributed by atoms with Crippen molar-refractivity contribution in [3.8, 4) is 5.75 Å². The molecule has 0 aromatic heterocycles. The van der Waals surface area contributed by atoms with Crippen molar-refractivity contribution >= 4 is 11.4 Å². The molecule has 5 heteroatoms. The SMILES string of the molecule is COc1cc(F)cc(C(C)N[S@@+]([O-])C(C)(C)C)c1. The molecule has 0 heterocycles. The molecule has 1 rings (SSSR count). The van der Waals surface area contributed by atoms with Gasteiger partial charge in [0.05, 0.1) is 13.2 Å². The highest BCUT2D eigenvalue weighted by atomic mass is 32.2. The summed E-state index contributed by atoms with van der Waals surface area (Å²) in [6.07, 6.45) is 0. The molecule has 0 radical (unpaired) electrons. The number of ether oxygens (including phenoxy) is 1. The Bertz CT molecular complexity index is 406. The monoisotopic (exact) mass is 273 g/mol. The molecule has 0 aliphatic carbocycles. The van der Waals surface area contributed by atoms with Gasteiger partial charge < -0.3 is 9.29 Å². The molecular formula is C13H20FNO2S. The van der Waals surface area contributed by atoms with Crippen LogP contribution in [0.2, 0.25) is 0 Å². The Morgan fingerprint density at radius 3 is 2.44 bits per heavy atom. The van der Waals surface area contributed by atoms with Crippen LogP contribution >= 0.6 is 0 Å². The summed E-state index contributed by atoms with van der Waals surface area (Å²) in [6, 6.07) is 4.26. The molecule has 0 bridgehead atoms. The van der Waals surface area contributed by atoms with Gasteiger partial charge in [-0.25, -0.2) is 4.39 Å². The third-order valence-corrected chi connectivity index (χ3v) is 4.15. The van der Waals surface area contributed by atoms with Crippen LogP contribution in [0.4, 0.5) is 4.39 Å². The van der Waals surface area contributed by atoms with E-state index in [1.807, 2.05) is 27.7 Å². The smallest absolute Gasteiger partial charge is 0.136 e. The largest absolute Gasteiger partial charge is 0.598 e. The van der Waals surface area contributed by atoms with Crippen LogP contribution < -0.4 is 9.46 Å². The van der Waals surface area contributed by atoms with Gasteiger partial charge in [0.25, 0.3) is 0 Å². The Balaban J connectivity index is 2.84. The molecule has 0 amide bonds. The molecule has 0 saturated heterocycles. The van der Waals surface area contributed by atoms with Crippen molar-refractivity contribution in [2.45, 2.75) is 38.5 Å². The molecule has 18 heavy (non-hydrogen) atoms. The summed E-state index contributed by atoms with van der Waals surface area (Å²) in [5.74, 6) is 0.0970. The Labute approximate surface area is 111 Å². The van der Waals surface area contributed by atoms with Crippen LogP contribution in [0.5, 0.6) is 5.75 Å². The number of rotatable bonds is 4. The maximum absolute atomic E-state index is 13.4. The summed E-state index contributed by atoms with van der Waals surface area (Å²) in [5.41, 5.74) is 0.712. The summed E-state index contributed by atoms with van der Waals surface area (Å²) < 4.78 is 32.9. The summed E-state index contributed by atoms with van der Waals surface area (Å²) in [5, 5.41) is 0. The van der Waals surface area contributed by atoms with Crippen LogP contribution in [0.15, 0.2) is 18.2 Å². The maximum Gasteiger partial charge on any atom is 0.136 e. The van der Waals surface area contributed by atoms with E-state index in [1.54, 1.807) is 6.07 Å². The van der Waals surface area contributed by atoms with Crippen molar-refractivity contribution < 1.29 is 13.7 Å². The van der Waals surface area contributed by atoms with Gasteiger partial charge in [0.15, 0.2) is 0 Å². The number of halogens is 1. The summed E-state index contributed by atoms with van der Waals surface area (Å²) in [7, 11) is 1.49.